The zero-order valence-electron chi connectivity index (χ0n) is 20.1. The number of benzene rings is 7. The van der Waals surface area contributed by atoms with Gasteiger partial charge in [-0.05, 0) is 61.3 Å². The molecule has 0 fully saturated rings. The number of hydrogen-bond donors (Lipinski definition) is 0. The lowest BCUT2D eigenvalue weighted by Gasteiger charge is -2.19. The summed E-state index contributed by atoms with van der Waals surface area (Å²) in [5.41, 5.74) is 5.19. The van der Waals surface area contributed by atoms with Crippen molar-refractivity contribution in [2.45, 2.75) is 0 Å². The first-order valence-corrected chi connectivity index (χ1v) is 13.5. The summed E-state index contributed by atoms with van der Waals surface area (Å²) in [7, 11) is 0. The quantitative estimate of drug-likeness (QED) is 0.213. The molecule has 0 aliphatic rings. The van der Waals surface area contributed by atoms with Crippen LogP contribution in [0.3, 0.4) is 0 Å². The number of rotatable bonds is 2. The summed E-state index contributed by atoms with van der Waals surface area (Å²) in [5, 5.41) is 10.5. The summed E-state index contributed by atoms with van der Waals surface area (Å²) in [6.07, 6.45) is 0. The van der Waals surface area contributed by atoms with Crippen LogP contribution in [-0.4, -0.2) is 0 Å². The molecule has 1 aromatic heterocycles. The van der Waals surface area contributed by atoms with E-state index >= 15 is 0 Å². The van der Waals surface area contributed by atoms with Gasteiger partial charge in [0.1, 0.15) is 0 Å². The van der Waals surface area contributed by atoms with Crippen LogP contribution in [0.4, 0.5) is 0 Å². The van der Waals surface area contributed by atoms with Crippen molar-refractivity contribution in [2.75, 3.05) is 0 Å². The summed E-state index contributed by atoms with van der Waals surface area (Å²) in [6.45, 7) is 0. The first-order chi connectivity index (χ1) is 18.4. The van der Waals surface area contributed by atoms with Crippen LogP contribution in [0.5, 0.6) is 0 Å². The Kier molecular flexibility index (Phi) is 4.49. The predicted molar refractivity (Wildman–Crippen MR) is 163 cm³/mol. The molecule has 0 amide bonds. The van der Waals surface area contributed by atoms with Gasteiger partial charge in [-0.25, -0.2) is 0 Å². The topological polar surface area (TPSA) is 0 Å². The zero-order chi connectivity index (χ0) is 24.3. The van der Waals surface area contributed by atoms with Crippen LogP contribution in [0.15, 0.2) is 133 Å². The van der Waals surface area contributed by atoms with E-state index in [1.165, 1.54) is 74.7 Å². The molecule has 0 aliphatic heterocycles. The highest BCUT2D eigenvalue weighted by Crippen LogP contribution is 2.48. The molecule has 0 spiro atoms. The molecular weight excluding hydrogens is 464 g/mol. The van der Waals surface area contributed by atoms with E-state index in [2.05, 4.69) is 133 Å². The SMILES string of the molecule is c1ccc(-c2c3ccccc3c(-c3cc4c5ccccc5sc4c4ccccc34)c3ccccc23)cc1. The van der Waals surface area contributed by atoms with Crippen molar-refractivity contribution in [3.63, 3.8) is 0 Å². The van der Waals surface area contributed by atoms with E-state index in [-0.39, 0.29) is 0 Å². The highest BCUT2D eigenvalue weighted by atomic mass is 32.1. The Balaban J connectivity index is 1.61. The van der Waals surface area contributed by atoms with Gasteiger partial charge in [0.15, 0.2) is 0 Å². The molecule has 8 aromatic rings. The van der Waals surface area contributed by atoms with E-state index in [9.17, 15) is 0 Å². The fourth-order valence-electron chi connectivity index (χ4n) is 6.09. The fourth-order valence-corrected chi connectivity index (χ4v) is 7.31. The molecule has 7 aromatic carbocycles. The summed E-state index contributed by atoms with van der Waals surface area (Å²) in [4.78, 5) is 0. The molecule has 0 radical (unpaired) electrons. The van der Waals surface area contributed by atoms with Crippen LogP contribution in [0.2, 0.25) is 0 Å². The molecular formula is C36H22S. The van der Waals surface area contributed by atoms with Gasteiger partial charge in [0.2, 0.25) is 0 Å². The molecule has 0 saturated carbocycles. The minimum absolute atomic E-state index is 1.26. The molecule has 37 heavy (non-hydrogen) atoms. The Morgan fingerprint density at radius 1 is 0.351 bits per heavy atom. The average molecular weight is 487 g/mol. The molecule has 8 rings (SSSR count). The van der Waals surface area contributed by atoms with Gasteiger partial charge in [-0.3, -0.25) is 0 Å². The van der Waals surface area contributed by atoms with Gasteiger partial charge in [-0.2, -0.15) is 0 Å². The van der Waals surface area contributed by atoms with E-state index in [1.807, 2.05) is 11.3 Å². The van der Waals surface area contributed by atoms with Crippen molar-refractivity contribution in [3.8, 4) is 22.3 Å². The Morgan fingerprint density at radius 2 is 0.838 bits per heavy atom. The van der Waals surface area contributed by atoms with Crippen molar-refractivity contribution in [1.29, 1.82) is 0 Å². The molecule has 1 heteroatoms. The van der Waals surface area contributed by atoms with E-state index < -0.39 is 0 Å². The number of fused-ring (bicyclic) bond motifs is 7. The lowest BCUT2D eigenvalue weighted by Crippen LogP contribution is -1.91. The van der Waals surface area contributed by atoms with Crippen molar-refractivity contribution < 1.29 is 0 Å². The molecule has 1 heterocycles. The Labute approximate surface area is 219 Å². The molecule has 0 saturated heterocycles. The van der Waals surface area contributed by atoms with E-state index in [0.717, 1.165) is 0 Å². The van der Waals surface area contributed by atoms with Gasteiger partial charge < -0.3 is 0 Å². The maximum Gasteiger partial charge on any atom is 0.0434 e. The molecule has 0 N–H and O–H groups in total. The summed E-state index contributed by atoms with van der Waals surface area (Å²) < 4.78 is 2.71. The van der Waals surface area contributed by atoms with E-state index in [0.29, 0.717) is 0 Å². The highest BCUT2D eigenvalue weighted by Gasteiger charge is 2.19. The van der Waals surface area contributed by atoms with Crippen molar-refractivity contribution in [3.05, 3.63) is 133 Å². The van der Waals surface area contributed by atoms with Gasteiger partial charge >= 0.3 is 0 Å². The van der Waals surface area contributed by atoms with Gasteiger partial charge in [0.05, 0.1) is 0 Å². The summed E-state index contributed by atoms with van der Waals surface area (Å²) in [6, 6.07) is 48.9. The first kappa shape index (κ1) is 20.7. The third-order valence-corrected chi connectivity index (χ3v) is 8.87. The van der Waals surface area contributed by atoms with Gasteiger partial charge in [-0.15, -0.1) is 11.3 Å². The Bertz CT molecular complexity index is 2070. The monoisotopic (exact) mass is 486 g/mol. The minimum Gasteiger partial charge on any atom is -0.135 e. The Hall–Kier alpha value is -4.46. The second-order valence-electron chi connectivity index (χ2n) is 9.65. The smallest absolute Gasteiger partial charge is 0.0434 e. The third-order valence-electron chi connectivity index (χ3n) is 7.65. The van der Waals surface area contributed by atoms with Gasteiger partial charge in [0.25, 0.3) is 0 Å². The molecule has 0 unspecified atom stereocenters. The second-order valence-corrected chi connectivity index (χ2v) is 10.7. The van der Waals surface area contributed by atoms with Crippen LogP contribution in [0.25, 0.3) is 74.7 Å². The standard InChI is InChI=1S/C36H22S/c1-2-12-23(13-3-1)34-26-16-5-7-18-28(26)35(29-19-8-6-17-27(29)34)31-22-32-25-15-10-11-21-33(25)37-36(32)30-20-9-4-14-24(30)31/h1-22H. The maximum absolute atomic E-state index is 2.45. The minimum atomic E-state index is 1.26. The van der Waals surface area contributed by atoms with Crippen LogP contribution in [0.1, 0.15) is 0 Å². The summed E-state index contributed by atoms with van der Waals surface area (Å²) in [5.74, 6) is 0. The molecule has 0 bridgehead atoms. The van der Waals surface area contributed by atoms with E-state index in [1.54, 1.807) is 0 Å². The average Bonchev–Trinajstić information content (AvgIpc) is 3.35. The van der Waals surface area contributed by atoms with Crippen LogP contribution < -0.4 is 0 Å². The molecule has 0 nitrogen and oxygen atoms in total. The van der Waals surface area contributed by atoms with Crippen molar-refractivity contribution in [2.24, 2.45) is 0 Å². The lowest BCUT2D eigenvalue weighted by atomic mass is 9.84. The van der Waals surface area contributed by atoms with Crippen LogP contribution >= 0.6 is 11.3 Å². The highest BCUT2D eigenvalue weighted by molar-refractivity contribution is 7.26. The van der Waals surface area contributed by atoms with E-state index in [4.69, 9.17) is 0 Å². The largest absolute Gasteiger partial charge is 0.135 e. The zero-order valence-corrected chi connectivity index (χ0v) is 20.9. The number of thiophene rings is 1. The third kappa shape index (κ3) is 3.02. The normalized spacial score (nSPS) is 11.8. The first-order valence-electron chi connectivity index (χ1n) is 12.7. The Morgan fingerprint density at radius 3 is 1.49 bits per heavy atom. The predicted octanol–water partition coefficient (Wildman–Crippen LogP) is 10.8. The van der Waals surface area contributed by atoms with Crippen LogP contribution in [-0.2, 0) is 0 Å². The fraction of sp³-hybridized carbons (Fsp3) is 0. The number of hydrogen-bond acceptors (Lipinski definition) is 1. The molecule has 172 valence electrons. The molecule has 0 atom stereocenters. The molecule has 0 aliphatic carbocycles. The van der Waals surface area contributed by atoms with Crippen molar-refractivity contribution >= 4 is 63.8 Å². The van der Waals surface area contributed by atoms with Gasteiger partial charge in [0, 0.05) is 25.6 Å². The lowest BCUT2D eigenvalue weighted by molar-refractivity contribution is 1.67. The van der Waals surface area contributed by atoms with Gasteiger partial charge in [-0.1, -0.05) is 121 Å². The van der Waals surface area contributed by atoms with Crippen molar-refractivity contribution in [1.82, 2.24) is 0 Å². The second kappa shape index (κ2) is 8.03. The van der Waals surface area contributed by atoms with Crippen LogP contribution in [0, 0.1) is 0 Å². The maximum atomic E-state index is 2.45. The summed E-state index contributed by atoms with van der Waals surface area (Å²) >= 11 is 1.90.